The van der Waals surface area contributed by atoms with Gasteiger partial charge in [-0.05, 0) is 31.0 Å². The normalized spacial score (nSPS) is 18.2. The summed E-state index contributed by atoms with van der Waals surface area (Å²) in [6.45, 7) is 1.26. The quantitative estimate of drug-likeness (QED) is 0.913. The van der Waals surface area contributed by atoms with Gasteiger partial charge in [0, 0.05) is 29.7 Å². The van der Waals surface area contributed by atoms with Crippen LogP contribution in [0.1, 0.15) is 23.3 Å². The molecule has 2 aromatic rings. The van der Waals surface area contributed by atoms with Crippen LogP contribution in [0.4, 0.5) is 0 Å². The van der Waals surface area contributed by atoms with Gasteiger partial charge in [0.25, 0.3) is 5.91 Å². The molecule has 110 valence electrons. The SMILES string of the molecule is NCC1CCCN1C(=O)c1cc(-c2ccc(Cl)cc2)n[nH]1. The zero-order valence-electron chi connectivity index (χ0n) is 11.6. The number of rotatable bonds is 3. The van der Waals surface area contributed by atoms with Gasteiger partial charge in [-0.1, -0.05) is 23.7 Å². The Morgan fingerprint density at radius 3 is 2.90 bits per heavy atom. The third-order valence-corrected chi connectivity index (χ3v) is 4.11. The molecule has 1 aromatic carbocycles. The Labute approximate surface area is 128 Å². The van der Waals surface area contributed by atoms with E-state index in [4.69, 9.17) is 17.3 Å². The lowest BCUT2D eigenvalue weighted by Crippen LogP contribution is -2.40. The van der Waals surface area contributed by atoms with Crippen molar-refractivity contribution >= 4 is 17.5 Å². The maximum absolute atomic E-state index is 12.5. The minimum Gasteiger partial charge on any atom is -0.333 e. The number of H-pyrrole nitrogens is 1. The first-order valence-corrected chi connectivity index (χ1v) is 7.39. The summed E-state index contributed by atoms with van der Waals surface area (Å²) in [5.74, 6) is -0.0318. The number of hydrogen-bond acceptors (Lipinski definition) is 3. The number of nitrogens with zero attached hydrogens (tertiary/aromatic N) is 2. The Morgan fingerprint density at radius 1 is 1.43 bits per heavy atom. The molecule has 1 aromatic heterocycles. The first-order chi connectivity index (χ1) is 10.2. The van der Waals surface area contributed by atoms with Gasteiger partial charge in [0.2, 0.25) is 0 Å². The van der Waals surface area contributed by atoms with Crippen LogP contribution in [0.15, 0.2) is 30.3 Å². The maximum atomic E-state index is 12.5. The molecular formula is C15H17ClN4O. The average Bonchev–Trinajstić information content (AvgIpc) is 3.16. The van der Waals surface area contributed by atoms with Gasteiger partial charge in [-0.15, -0.1) is 0 Å². The highest BCUT2D eigenvalue weighted by Gasteiger charge is 2.29. The molecule has 1 atom stereocenters. The number of nitrogens with two attached hydrogens (primary N) is 1. The van der Waals surface area contributed by atoms with Crippen LogP contribution in [0.2, 0.25) is 5.02 Å². The smallest absolute Gasteiger partial charge is 0.272 e. The summed E-state index contributed by atoms with van der Waals surface area (Å²) in [7, 11) is 0. The minimum absolute atomic E-state index is 0.0318. The minimum atomic E-state index is -0.0318. The lowest BCUT2D eigenvalue weighted by molar-refractivity contribution is 0.0735. The number of carbonyl (C=O) groups is 1. The Balaban J connectivity index is 1.81. The van der Waals surface area contributed by atoms with Crippen molar-refractivity contribution in [3.63, 3.8) is 0 Å². The Hall–Kier alpha value is -1.85. The highest BCUT2D eigenvalue weighted by Crippen LogP contribution is 2.23. The molecule has 1 saturated heterocycles. The van der Waals surface area contributed by atoms with E-state index in [2.05, 4.69) is 10.2 Å². The second-order valence-corrected chi connectivity index (χ2v) is 5.64. The van der Waals surface area contributed by atoms with Gasteiger partial charge in [0.15, 0.2) is 0 Å². The highest BCUT2D eigenvalue weighted by molar-refractivity contribution is 6.30. The molecule has 1 unspecified atom stereocenters. The highest BCUT2D eigenvalue weighted by atomic mass is 35.5. The van der Waals surface area contributed by atoms with Gasteiger partial charge in [-0.25, -0.2) is 0 Å². The van der Waals surface area contributed by atoms with E-state index in [9.17, 15) is 4.79 Å². The van der Waals surface area contributed by atoms with E-state index in [-0.39, 0.29) is 11.9 Å². The molecule has 2 heterocycles. The van der Waals surface area contributed by atoms with Crippen LogP contribution in [0.25, 0.3) is 11.3 Å². The van der Waals surface area contributed by atoms with Crippen molar-refractivity contribution in [1.29, 1.82) is 0 Å². The van der Waals surface area contributed by atoms with Gasteiger partial charge in [-0.3, -0.25) is 9.89 Å². The lowest BCUT2D eigenvalue weighted by Gasteiger charge is -2.22. The predicted octanol–water partition coefficient (Wildman–Crippen LogP) is 2.29. The summed E-state index contributed by atoms with van der Waals surface area (Å²) < 4.78 is 0. The van der Waals surface area contributed by atoms with Gasteiger partial charge in [0.05, 0.1) is 5.69 Å². The van der Waals surface area contributed by atoms with Gasteiger partial charge < -0.3 is 10.6 Å². The molecule has 3 N–H and O–H groups in total. The number of aromatic nitrogens is 2. The molecule has 5 nitrogen and oxygen atoms in total. The summed E-state index contributed by atoms with van der Waals surface area (Å²) >= 11 is 5.87. The summed E-state index contributed by atoms with van der Waals surface area (Å²) in [5.41, 5.74) is 7.88. The van der Waals surface area contributed by atoms with Crippen molar-refractivity contribution in [1.82, 2.24) is 15.1 Å². The third-order valence-electron chi connectivity index (χ3n) is 3.86. The van der Waals surface area contributed by atoms with Crippen LogP contribution in [0.3, 0.4) is 0 Å². The van der Waals surface area contributed by atoms with Gasteiger partial charge in [-0.2, -0.15) is 5.10 Å². The van der Waals surface area contributed by atoms with Crippen LogP contribution in [0, 0.1) is 0 Å². The summed E-state index contributed by atoms with van der Waals surface area (Å²) in [6.07, 6.45) is 1.98. The monoisotopic (exact) mass is 304 g/mol. The van der Waals surface area contributed by atoms with Crippen molar-refractivity contribution < 1.29 is 4.79 Å². The van der Waals surface area contributed by atoms with Crippen LogP contribution >= 0.6 is 11.6 Å². The molecule has 0 spiro atoms. The molecule has 0 bridgehead atoms. The van der Waals surface area contributed by atoms with Crippen molar-refractivity contribution in [3.8, 4) is 11.3 Å². The van der Waals surface area contributed by atoms with E-state index in [1.54, 1.807) is 18.2 Å². The molecule has 0 radical (unpaired) electrons. The zero-order chi connectivity index (χ0) is 14.8. The molecule has 0 saturated carbocycles. The van der Waals surface area contributed by atoms with E-state index >= 15 is 0 Å². The number of hydrogen-bond donors (Lipinski definition) is 2. The largest absolute Gasteiger partial charge is 0.333 e. The molecule has 3 rings (SSSR count). The van der Waals surface area contributed by atoms with Crippen LogP contribution in [0.5, 0.6) is 0 Å². The fourth-order valence-electron chi connectivity index (χ4n) is 2.70. The maximum Gasteiger partial charge on any atom is 0.272 e. The fraction of sp³-hybridized carbons (Fsp3) is 0.333. The Morgan fingerprint density at radius 2 is 2.19 bits per heavy atom. The van der Waals surface area contributed by atoms with Crippen molar-refractivity contribution in [3.05, 3.63) is 41.0 Å². The number of carbonyl (C=O) groups excluding carboxylic acids is 1. The molecular weight excluding hydrogens is 288 g/mol. The number of aromatic amines is 1. The van der Waals surface area contributed by atoms with Crippen molar-refractivity contribution in [2.75, 3.05) is 13.1 Å². The lowest BCUT2D eigenvalue weighted by atomic mass is 10.1. The number of amides is 1. The first-order valence-electron chi connectivity index (χ1n) is 7.01. The third kappa shape index (κ3) is 2.80. The number of likely N-dealkylation sites (tertiary alicyclic amines) is 1. The second-order valence-electron chi connectivity index (χ2n) is 5.20. The molecule has 1 aliphatic heterocycles. The average molecular weight is 305 g/mol. The molecule has 21 heavy (non-hydrogen) atoms. The molecule has 1 fully saturated rings. The first kappa shape index (κ1) is 14.1. The predicted molar refractivity (Wildman–Crippen MR) is 82.1 cm³/mol. The fourth-order valence-corrected chi connectivity index (χ4v) is 2.83. The Kier molecular flexibility index (Phi) is 3.94. The van der Waals surface area contributed by atoms with E-state index in [0.29, 0.717) is 17.3 Å². The molecule has 6 heteroatoms. The van der Waals surface area contributed by atoms with Crippen molar-refractivity contribution in [2.45, 2.75) is 18.9 Å². The molecule has 0 aliphatic carbocycles. The van der Waals surface area contributed by atoms with E-state index in [0.717, 1.165) is 30.6 Å². The van der Waals surface area contributed by atoms with E-state index in [1.165, 1.54) is 0 Å². The number of halogens is 1. The zero-order valence-corrected chi connectivity index (χ0v) is 12.3. The second kappa shape index (κ2) is 5.87. The summed E-state index contributed by atoms with van der Waals surface area (Å²) in [4.78, 5) is 14.3. The van der Waals surface area contributed by atoms with Gasteiger partial charge >= 0.3 is 0 Å². The molecule has 1 amide bonds. The van der Waals surface area contributed by atoms with Crippen molar-refractivity contribution in [2.24, 2.45) is 5.73 Å². The van der Waals surface area contributed by atoms with E-state index < -0.39 is 0 Å². The topological polar surface area (TPSA) is 75.0 Å². The summed E-state index contributed by atoms with van der Waals surface area (Å²) in [6, 6.07) is 9.28. The van der Waals surface area contributed by atoms with Gasteiger partial charge in [0.1, 0.15) is 5.69 Å². The Bertz CT molecular complexity index is 637. The number of benzene rings is 1. The van der Waals surface area contributed by atoms with E-state index in [1.807, 2.05) is 17.0 Å². The standard InChI is InChI=1S/C15H17ClN4O/c16-11-5-3-10(4-6-11)13-8-14(19-18-13)15(21)20-7-1-2-12(20)9-17/h3-6,8,12H,1-2,7,9,17H2,(H,18,19). The van der Waals surface area contributed by atoms with Crippen LogP contribution < -0.4 is 5.73 Å². The summed E-state index contributed by atoms with van der Waals surface area (Å²) in [5, 5.41) is 7.71. The number of nitrogens with one attached hydrogen (secondary N) is 1. The van der Waals surface area contributed by atoms with Crippen LogP contribution in [-0.4, -0.2) is 40.1 Å². The molecule has 1 aliphatic rings. The van der Waals surface area contributed by atoms with Crippen LogP contribution in [-0.2, 0) is 0 Å².